The molecule has 0 heteroatoms. The highest BCUT2D eigenvalue weighted by Gasteiger charge is 2.34. The van der Waals surface area contributed by atoms with Crippen LogP contribution in [0.3, 0.4) is 0 Å². The van der Waals surface area contributed by atoms with Crippen molar-refractivity contribution in [3.05, 3.63) is 70.8 Å². The molecule has 2 aliphatic carbocycles. The van der Waals surface area contributed by atoms with Crippen molar-refractivity contribution in [2.24, 2.45) is 17.8 Å². The molecule has 0 spiro atoms. The Hall–Kier alpha value is -2.00. The van der Waals surface area contributed by atoms with Crippen LogP contribution in [0.4, 0.5) is 0 Å². The Morgan fingerprint density at radius 2 is 1.27 bits per heavy atom. The second-order valence-corrected chi connectivity index (χ2v) is 8.69. The van der Waals surface area contributed by atoms with E-state index in [0.29, 0.717) is 0 Å². The zero-order chi connectivity index (χ0) is 17.9. The highest BCUT2D eigenvalue weighted by molar-refractivity contribution is 5.44. The average molecular weight is 343 g/mol. The maximum Gasteiger partial charge on any atom is 0.0249 e. The molecule has 4 atom stereocenters. The van der Waals surface area contributed by atoms with Crippen LogP contribution in [0.5, 0.6) is 0 Å². The molecule has 4 rings (SSSR count). The molecule has 0 radical (unpaired) electrons. The molecule has 0 heterocycles. The highest BCUT2D eigenvalue weighted by atomic mass is 14.4. The van der Waals surface area contributed by atoms with Gasteiger partial charge in [-0.15, -0.1) is 0 Å². The van der Waals surface area contributed by atoms with Crippen LogP contribution >= 0.6 is 0 Å². The van der Waals surface area contributed by atoms with E-state index in [2.05, 4.69) is 74.2 Å². The van der Waals surface area contributed by atoms with Crippen LogP contribution in [-0.2, 0) is 0 Å². The van der Waals surface area contributed by atoms with Gasteiger partial charge in [0.2, 0.25) is 0 Å². The van der Waals surface area contributed by atoms with Gasteiger partial charge in [-0.2, -0.15) is 0 Å². The van der Waals surface area contributed by atoms with E-state index < -0.39 is 0 Å². The number of rotatable bonds is 1. The molecule has 26 heavy (non-hydrogen) atoms. The number of aryl methyl sites for hydroxylation is 1. The van der Waals surface area contributed by atoms with E-state index in [1.807, 2.05) is 0 Å². The second kappa shape index (κ2) is 7.71. The van der Waals surface area contributed by atoms with Gasteiger partial charge in [0.25, 0.3) is 0 Å². The van der Waals surface area contributed by atoms with Gasteiger partial charge in [0.15, 0.2) is 0 Å². The minimum atomic E-state index is 0.767. The summed E-state index contributed by atoms with van der Waals surface area (Å²) in [6.07, 6.45) is 8.61. The van der Waals surface area contributed by atoms with Crippen molar-refractivity contribution in [2.45, 2.75) is 58.3 Å². The fraction of sp³-hybridized carbons (Fsp3) is 0.462. The van der Waals surface area contributed by atoms with Crippen LogP contribution in [0.15, 0.2) is 48.5 Å². The highest BCUT2D eigenvalue weighted by Crippen LogP contribution is 2.47. The van der Waals surface area contributed by atoms with Crippen LogP contribution in [0.2, 0.25) is 0 Å². The van der Waals surface area contributed by atoms with E-state index in [0.717, 1.165) is 34.8 Å². The molecule has 4 unspecified atom stereocenters. The zero-order valence-electron chi connectivity index (χ0n) is 16.2. The third-order valence-electron chi connectivity index (χ3n) is 6.66. The van der Waals surface area contributed by atoms with Gasteiger partial charge >= 0.3 is 0 Å². The summed E-state index contributed by atoms with van der Waals surface area (Å²) in [4.78, 5) is 0. The molecule has 2 saturated carbocycles. The zero-order valence-corrected chi connectivity index (χ0v) is 16.2. The maximum absolute atomic E-state index is 3.31. The van der Waals surface area contributed by atoms with E-state index in [-0.39, 0.29) is 0 Å². The van der Waals surface area contributed by atoms with Crippen molar-refractivity contribution in [1.29, 1.82) is 0 Å². The summed E-state index contributed by atoms with van der Waals surface area (Å²) in [5.41, 5.74) is 5.02. The van der Waals surface area contributed by atoms with Crippen LogP contribution in [0.1, 0.15) is 73.6 Å². The molecule has 2 aromatic carbocycles. The van der Waals surface area contributed by atoms with Crippen LogP contribution < -0.4 is 0 Å². The fourth-order valence-electron chi connectivity index (χ4n) is 5.05. The van der Waals surface area contributed by atoms with Crippen molar-refractivity contribution >= 4 is 0 Å². The van der Waals surface area contributed by atoms with Crippen molar-refractivity contribution < 1.29 is 0 Å². The lowest BCUT2D eigenvalue weighted by Gasteiger charge is -2.41. The van der Waals surface area contributed by atoms with E-state index in [1.165, 1.54) is 49.7 Å². The van der Waals surface area contributed by atoms with Gasteiger partial charge in [-0.25, -0.2) is 0 Å². The topological polar surface area (TPSA) is 0 Å². The minimum absolute atomic E-state index is 0.767. The van der Waals surface area contributed by atoms with Gasteiger partial charge in [0.05, 0.1) is 0 Å². The van der Waals surface area contributed by atoms with E-state index in [1.54, 1.807) is 0 Å². The normalized spacial score (nSPS) is 27.9. The number of hydrogen-bond donors (Lipinski definition) is 0. The Bertz CT molecular complexity index is 785. The lowest BCUT2D eigenvalue weighted by atomic mass is 9.64. The molecule has 134 valence electrons. The molecule has 0 bridgehead atoms. The van der Waals surface area contributed by atoms with Gasteiger partial charge in [-0.05, 0) is 92.5 Å². The lowest BCUT2D eigenvalue weighted by Crippen LogP contribution is -2.29. The Morgan fingerprint density at radius 1 is 0.692 bits per heavy atom. The Labute approximate surface area is 159 Å². The first-order chi connectivity index (χ1) is 12.7. The first-order valence-electron chi connectivity index (χ1n) is 10.4. The van der Waals surface area contributed by atoms with Gasteiger partial charge in [-0.3, -0.25) is 0 Å². The first kappa shape index (κ1) is 17.4. The van der Waals surface area contributed by atoms with Crippen molar-refractivity contribution in [2.75, 3.05) is 0 Å². The number of fused-ring (bicyclic) bond motifs is 1. The maximum atomic E-state index is 3.31. The van der Waals surface area contributed by atoms with E-state index >= 15 is 0 Å². The van der Waals surface area contributed by atoms with Crippen LogP contribution in [0, 0.1) is 36.5 Å². The summed E-state index contributed by atoms with van der Waals surface area (Å²) in [7, 11) is 0. The monoisotopic (exact) mass is 342 g/mol. The summed E-state index contributed by atoms with van der Waals surface area (Å²) in [5, 5.41) is 0. The first-order valence-corrected chi connectivity index (χ1v) is 10.4. The fourth-order valence-corrected chi connectivity index (χ4v) is 5.05. The molecular weight excluding hydrogens is 312 g/mol. The molecule has 2 aliphatic rings. The molecule has 0 nitrogen and oxygen atoms in total. The molecule has 0 N–H and O–H groups in total. The quantitative estimate of drug-likeness (QED) is 0.505. The van der Waals surface area contributed by atoms with Gasteiger partial charge < -0.3 is 0 Å². The standard InChI is InChI=1S/C26H30/c1-19-3-6-21(7-4-19)8-9-22-10-13-23(14-11-22)25-16-15-24-17-20(2)5-12-26(24)18-25/h3-4,6-7,10-11,13-14,20,24-26H,5,12,15-18H2,1-2H3. The Balaban J connectivity index is 1.41. The molecular formula is C26H30. The number of hydrogen-bond acceptors (Lipinski definition) is 0. The molecule has 0 aromatic heterocycles. The summed E-state index contributed by atoms with van der Waals surface area (Å²) < 4.78 is 0. The van der Waals surface area contributed by atoms with Crippen LogP contribution in [0.25, 0.3) is 0 Å². The molecule has 0 amide bonds. The molecule has 2 fully saturated rings. The van der Waals surface area contributed by atoms with Gasteiger partial charge in [0.1, 0.15) is 0 Å². The summed E-state index contributed by atoms with van der Waals surface area (Å²) in [6.45, 7) is 4.55. The SMILES string of the molecule is Cc1ccc(C#Cc2ccc(C3CCC4CC(C)CCC4C3)cc2)cc1. The van der Waals surface area contributed by atoms with Gasteiger partial charge in [-0.1, -0.05) is 55.0 Å². The number of benzene rings is 2. The van der Waals surface area contributed by atoms with Crippen molar-refractivity contribution in [1.82, 2.24) is 0 Å². The summed E-state index contributed by atoms with van der Waals surface area (Å²) in [5.74, 6) is 10.3. The predicted octanol–water partition coefficient (Wildman–Crippen LogP) is 6.71. The second-order valence-electron chi connectivity index (χ2n) is 8.69. The van der Waals surface area contributed by atoms with E-state index in [9.17, 15) is 0 Å². The molecule has 2 aromatic rings. The third kappa shape index (κ3) is 4.04. The van der Waals surface area contributed by atoms with E-state index in [4.69, 9.17) is 0 Å². The minimum Gasteiger partial charge on any atom is -0.0625 e. The predicted molar refractivity (Wildman–Crippen MR) is 110 cm³/mol. The van der Waals surface area contributed by atoms with Gasteiger partial charge in [0, 0.05) is 11.1 Å². The molecule has 0 aliphatic heterocycles. The lowest BCUT2D eigenvalue weighted by molar-refractivity contribution is 0.124. The average Bonchev–Trinajstić information content (AvgIpc) is 2.67. The third-order valence-corrected chi connectivity index (χ3v) is 6.66. The van der Waals surface area contributed by atoms with Crippen LogP contribution in [-0.4, -0.2) is 0 Å². The largest absolute Gasteiger partial charge is 0.0625 e. The van der Waals surface area contributed by atoms with Crippen molar-refractivity contribution in [3.8, 4) is 11.8 Å². The summed E-state index contributed by atoms with van der Waals surface area (Å²) >= 11 is 0. The smallest absolute Gasteiger partial charge is 0.0249 e. The molecule has 0 saturated heterocycles. The summed E-state index contributed by atoms with van der Waals surface area (Å²) in [6, 6.07) is 17.5. The Morgan fingerprint density at radius 3 is 1.96 bits per heavy atom. The van der Waals surface area contributed by atoms with Crippen molar-refractivity contribution in [3.63, 3.8) is 0 Å². The Kier molecular flexibility index (Phi) is 5.16.